The van der Waals surface area contributed by atoms with E-state index in [1.807, 2.05) is 16.7 Å². The molecule has 0 saturated carbocycles. The van der Waals surface area contributed by atoms with E-state index < -0.39 is 0 Å². The number of hydrogen-bond acceptors (Lipinski definition) is 4. The Kier molecular flexibility index (Phi) is 6.20. The van der Waals surface area contributed by atoms with Crippen LogP contribution in [0.2, 0.25) is 0 Å². The number of hydrogen-bond donors (Lipinski definition) is 0. The Bertz CT molecular complexity index is 394. The smallest absolute Gasteiger partial charge is 0.239 e. The van der Waals surface area contributed by atoms with Gasteiger partial charge in [0.1, 0.15) is 0 Å². The summed E-state index contributed by atoms with van der Waals surface area (Å²) >= 11 is 0. The van der Waals surface area contributed by atoms with Crippen molar-refractivity contribution in [3.05, 3.63) is 0 Å². The zero-order chi connectivity index (χ0) is 16.1. The second kappa shape index (κ2) is 7.92. The molecule has 0 aromatic heterocycles. The minimum atomic E-state index is -0.0833. The summed E-state index contributed by atoms with van der Waals surface area (Å²) in [6.07, 6.45) is 0.945. The number of likely N-dealkylation sites (N-methyl/N-ethyl adjacent to an activating group) is 1. The molecule has 2 fully saturated rings. The third-order valence-electron chi connectivity index (χ3n) is 5.01. The molecule has 0 aromatic carbocycles. The van der Waals surface area contributed by atoms with Gasteiger partial charge in [-0.3, -0.25) is 14.5 Å². The summed E-state index contributed by atoms with van der Waals surface area (Å²) in [5.74, 6) is 0.378. The summed E-state index contributed by atoms with van der Waals surface area (Å²) in [5.41, 5.74) is 0. The first kappa shape index (κ1) is 17.2. The van der Waals surface area contributed by atoms with Crippen molar-refractivity contribution in [3.63, 3.8) is 0 Å². The maximum Gasteiger partial charge on any atom is 0.239 e. The van der Waals surface area contributed by atoms with E-state index in [1.54, 1.807) is 6.92 Å². The summed E-state index contributed by atoms with van der Waals surface area (Å²) in [6.45, 7) is 13.7. The molecule has 2 saturated heterocycles. The minimum Gasteiger partial charge on any atom is -0.342 e. The zero-order valence-corrected chi connectivity index (χ0v) is 14.3. The van der Waals surface area contributed by atoms with E-state index >= 15 is 0 Å². The van der Waals surface area contributed by atoms with Crippen molar-refractivity contribution >= 4 is 11.8 Å². The van der Waals surface area contributed by atoms with E-state index in [-0.39, 0.29) is 17.9 Å². The highest BCUT2D eigenvalue weighted by atomic mass is 16.2. The van der Waals surface area contributed by atoms with Gasteiger partial charge in [-0.05, 0) is 19.9 Å². The van der Waals surface area contributed by atoms with E-state index in [9.17, 15) is 9.59 Å². The number of carbonyl (C=O) groups excluding carboxylic acids is 2. The molecule has 6 heteroatoms. The first-order valence-corrected chi connectivity index (χ1v) is 8.53. The van der Waals surface area contributed by atoms with Crippen LogP contribution in [0.4, 0.5) is 0 Å². The van der Waals surface area contributed by atoms with Crippen molar-refractivity contribution < 1.29 is 9.59 Å². The minimum absolute atomic E-state index is 0.0833. The van der Waals surface area contributed by atoms with Gasteiger partial charge < -0.3 is 14.7 Å². The Labute approximate surface area is 134 Å². The highest BCUT2D eigenvalue weighted by Gasteiger charge is 2.29. The number of nitrogens with zero attached hydrogens (tertiary/aromatic N) is 4. The van der Waals surface area contributed by atoms with Gasteiger partial charge in [-0.2, -0.15) is 0 Å². The van der Waals surface area contributed by atoms with Gasteiger partial charge in [0.25, 0.3) is 0 Å². The van der Waals surface area contributed by atoms with Crippen molar-refractivity contribution in [1.82, 2.24) is 19.6 Å². The lowest BCUT2D eigenvalue weighted by molar-refractivity contribution is -0.138. The van der Waals surface area contributed by atoms with Gasteiger partial charge in [-0.1, -0.05) is 6.92 Å². The average molecular weight is 310 g/mol. The monoisotopic (exact) mass is 310 g/mol. The van der Waals surface area contributed by atoms with Crippen LogP contribution in [0.5, 0.6) is 0 Å². The zero-order valence-electron chi connectivity index (χ0n) is 14.3. The van der Waals surface area contributed by atoms with Gasteiger partial charge in [0.2, 0.25) is 11.8 Å². The highest BCUT2D eigenvalue weighted by molar-refractivity contribution is 5.81. The molecule has 2 aliphatic rings. The Morgan fingerprint density at radius 2 is 1.55 bits per heavy atom. The standard InChI is InChI=1S/C16H30N4O2/c1-4-17-8-10-20(11-9-17)16(22)14(2)18-6-5-7-19(13-12-18)15(3)21/h14H,4-13H2,1-3H3. The molecule has 22 heavy (non-hydrogen) atoms. The third kappa shape index (κ3) is 4.20. The lowest BCUT2D eigenvalue weighted by Crippen LogP contribution is -2.54. The van der Waals surface area contributed by atoms with Crippen LogP contribution in [-0.2, 0) is 9.59 Å². The van der Waals surface area contributed by atoms with Crippen LogP contribution in [0.15, 0.2) is 0 Å². The molecular formula is C16H30N4O2. The predicted octanol–water partition coefficient (Wildman–Crippen LogP) is 0.0932. The summed E-state index contributed by atoms with van der Waals surface area (Å²) in [6, 6.07) is -0.0833. The normalized spacial score (nSPS) is 23.2. The maximum absolute atomic E-state index is 12.7. The summed E-state index contributed by atoms with van der Waals surface area (Å²) in [4.78, 5) is 32.7. The molecule has 2 amide bonds. The van der Waals surface area contributed by atoms with Gasteiger partial charge in [0.15, 0.2) is 0 Å². The van der Waals surface area contributed by atoms with Gasteiger partial charge in [0.05, 0.1) is 6.04 Å². The van der Waals surface area contributed by atoms with Crippen molar-refractivity contribution in [2.75, 3.05) is 58.9 Å². The van der Waals surface area contributed by atoms with Gasteiger partial charge in [-0.15, -0.1) is 0 Å². The lowest BCUT2D eigenvalue weighted by atomic mass is 10.2. The molecule has 1 unspecified atom stereocenters. The predicted molar refractivity (Wildman–Crippen MR) is 86.6 cm³/mol. The number of rotatable bonds is 3. The highest BCUT2D eigenvalue weighted by Crippen LogP contribution is 2.11. The van der Waals surface area contributed by atoms with Crippen molar-refractivity contribution in [2.45, 2.75) is 33.2 Å². The fourth-order valence-corrected chi connectivity index (χ4v) is 3.34. The SMILES string of the molecule is CCN1CCN(C(=O)C(C)N2CCCN(C(C)=O)CC2)CC1. The number of carbonyl (C=O) groups is 2. The van der Waals surface area contributed by atoms with E-state index in [0.29, 0.717) is 0 Å². The third-order valence-corrected chi connectivity index (χ3v) is 5.01. The second-order valence-electron chi connectivity index (χ2n) is 6.33. The van der Waals surface area contributed by atoms with E-state index in [0.717, 1.165) is 65.3 Å². The largest absolute Gasteiger partial charge is 0.342 e. The van der Waals surface area contributed by atoms with Crippen molar-refractivity contribution in [2.24, 2.45) is 0 Å². The lowest BCUT2D eigenvalue weighted by Gasteiger charge is -2.37. The van der Waals surface area contributed by atoms with E-state index in [1.165, 1.54) is 0 Å². The van der Waals surface area contributed by atoms with Crippen molar-refractivity contribution in [1.29, 1.82) is 0 Å². The van der Waals surface area contributed by atoms with E-state index in [4.69, 9.17) is 0 Å². The van der Waals surface area contributed by atoms with Crippen LogP contribution in [0.3, 0.4) is 0 Å². The molecule has 0 aromatic rings. The van der Waals surface area contributed by atoms with Crippen LogP contribution in [0, 0.1) is 0 Å². The molecule has 0 aliphatic carbocycles. The quantitative estimate of drug-likeness (QED) is 0.741. The first-order chi connectivity index (χ1) is 10.5. The van der Waals surface area contributed by atoms with Crippen LogP contribution < -0.4 is 0 Å². The molecule has 0 N–H and O–H groups in total. The fourth-order valence-electron chi connectivity index (χ4n) is 3.34. The molecule has 0 spiro atoms. The van der Waals surface area contributed by atoms with Gasteiger partial charge >= 0.3 is 0 Å². The molecule has 1 atom stereocenters. The molecule has 2 heterocycles. The fraction of sp³-hybridized carbons (Fsp3) is 0.875. The number of amides is 2. The summed E-state index contributed by atoms with van der Waals surface area (Å²) in [5, 5.41) is 0. The maximum atomic E-state index is 12.7. The average Bonchev–Trinajstić information content (AvgIpc) is 2.79. The van der Waals surface area contributed by atoms with E-state index in [2.05, 4.69) is 16.7 Å². The van der Waals surface area contributed by atoms with Crippen LogP contribution in [0.25, 0.3) is 0 Å². The first-order valence-electron chi connectivity index (χ1n) is 8.53. The Hall–Kier alpha value is -1.14. The number of piperazine rings is 1. The Balaban J connectivity index is 1.86. The van der Waals surface area contributed by atoms with Gasteiger partial charge in [0, 0.05) is 59.3 Å². The Morgan fingerprint density at radius 1 is 0.909 bits per heavy atom. The molecule has 0 bridgehead atoms. The van der Waals surface area contributed by atoms with Gasteiger partial charge in [-0.25, -0.2) is 0 Å². The molecule has 2 aliphatic heterocycles. The molecular weight excluding hydrogens is 280 g/mol. The van der Waals surface area contributed by atoms with Crippen LogP contribution >= 0.6 is 0 Å². The van der Waals surface area contributed by atoms with Crippen LogP contribution in [-0.4, -0.2) is 96.4 Å². The summed E-state index contributed by atoms with van der Waals surface area (Å²) < 4.78 is 0. The topological polar surface area (TPSA) is 47.1 Å². The summed E-state index contributed by atoms with van der Waals surface area (Å²) in [7, 11) is 0. The molecule has 126 valence electrons. The molecule has 6 nitrogen and oxygen atoms in total. The van der Waals surface area contributed by atoms with Crippen molar-refractivity contribution in [3.8, 4) is 0 Å². The van der Waals surface area contributed by atoms with Crippen LogP contribution in [0.1, 0.15) is 27.2 Å². The Morgan fingerprint density at radius 3 is 2.14 bits per heavy atom. The molecule has 0 radical (unpaired) electrons. The second-order valence-corrected chi connectivity index (χ2v) is 6.33. The molecule has 2 rings (SSSR count).